The van der Waals surface area contributed by atoms with Crippen molar-refractivity contribution < 1.29 is 9.32 Å². The van der Waals surface area contributed by atoms with Crippen molar-refractivity contribution in [3.8, 4) is 0 Å². The Hall–Kier alpha value is -1.43. The molecular formula is C8H14N4O2. The van der Waals surface area contributed by atoms with Crippen LogP contribution in [0.2, 0.25) is 0 Å². The summed E-state index contributed by atoms with van der Waals surface area (Å²) >= 11 is 0. The molecule has 6 heteroatoms. The first-order valence-electron chi connectivity index (χ1n) is 4.38. The Morgan fingerprint density at radius 3 is 2.64 bits per heavy atom. The molecule has 1 unspecified atom stereocenters. The van der Waals surface area contributed by atoms with Crippen LogP contribution in [0, 0.1) is 5.92 Å². The molecule has 1 atom stereocenters. The maximum Gasteiger partial charge on any atom is 0.290 e. The van der Waals surface area contributed by atoms with Gasteiger partial charge in [0.1, 0.15) is 0 Å². The smallest absolute Gasteiger partial charge is 0.290 e. The zero-order valence-corrected chi connectivity index (χ0v) is 8.23. The minimum atomic E-state index is -0.696. The van der Waals surface area contributed by atoms with E-state index in [4.69, 9.17) is 16.0 Å². The average Bonchev–Trinajstić information content (AvgIpc) is 2.52. The summed E-state index contributed by atoms with van der Waals surface area (Å²) in [6.07, 6.45) is 0.456. The van der Waals surface area contributed by atoms with Gasteiger partial charge < -0.3 is 16.0 Å². The maximum atomic E-state index is 10.6. The zero-order valence-electron chi connectivity index (χ0n) is 8.23. The van der Waals surface area contributed by atoms with Crippen LogP contribution < -0.4 is 11.5 Å². The van der Waals surface area contributed by atoms with Gasteiger partial charge in [-0.2, -0.15) is 4.98 Å². The van der Waals surface area contributed by atoms with Crippen LogP contribution in [0.25, 0.3) is 0 Å². The van der Waals surface area contributed by atoms with Gasteiger partial charge in [0.15, 0.2) is 0 Å². The molecule has 0 bridgehead atoms. The van der Waals surface area contributed by atoms with Gasteiger partial charge in [-0.05, 0) is 5.92 Å². The minimum Gasteiger partial charge on any atom is -0.363 e. The molecule has 0 saturated carbocycles. The summed E-state index contributed by atoms with van der Waals surface area (Å²) in [6, 6.07) is -0.0591. The summed E-state index contributed by atoms with van der Waals surface area (Å²) < 4.78 is 4.80. The second-order valence-electron chi connectivity index (χ2n) is 3.49. The van der Waals surface area contributed by atoms with Crippen molar-refractivity contribution in [1.29, 1.82) is 0 Å². The van der Waals surface area contributed by atoms with E-state index in [0.29, 0.717) is 18.2 Å². The van der Waals surface area contributed by atoms with Crippen molar-refractivity contribution in [2.24, 2.45) is 17.4 Å². The van der Waals surface area contributed by atoms with Crippen LogP contribution in [0.1, 0.15) is 30.4 Å². The van der Waals surface area contributed by atoms with E-state index < -0.39 is 5.91 Å². The van der Waals surface area contributed by atoms with Gasteiger partial charge in [-0.3, -0.25) is 4.79 Å². The summed E-state index contributed by atoms with van der Waals surface area (Å²) in [7, 11) is 0. The molecule has 0 aliphatic rings. The Morgan fingerprint density at radius 1 is 1.57 bits per heavy atom. The molecule has 1 amide bonds. The van der Waals surface area contributed by atoms with E-state index in [2.05, 4.69) is 10.1 Å². The maximum absolute atomic E-state index is 10.6. The normalized spacial score (nSPS) is 13.1. The third-order valence-electron chi connectivity index (χ3n) is 1.96. The van der Waals surface area contributed by atoms with Gasteiger partial charge in [0.2, 0.25) is 5.89 Å². The lowest BCUT2D eigenvalue weighted by Gasteiger charge is -2.11. The molecule has 0 spiro atoms. The lowest BCUT2D eigenvalue weighted by atomic mass is 10.0. The average molecular weight is 198 g/mol. The number of nitrogens with zero attached hydrogens (tertiary/aromatic N) is 2. The van der Waals surface area contributed by atoms with Gasteiger partial charge in [0, 0.05) is 12.5 Å². The van der Waals surface area contributed by atoms with Crippen molar-refractivity contribution in [3.05, 3.63) is 11.7 Å². The highest BCUT2D eigenvalue weighted by Gasteiger charge is 2.15. The number of amides is 1. The first-order valence-corrected chi connectivity index (χ1v) is 4.38. The fourth-order valence-electron chi connectivity index (χ4n) is 0.875. The van der Waals surface area contributed by atoms with Gasteiger partial charge in [-0.15, -0.1) is 0 Å². The van der Waals surface area contributed by atoms with Crippen LogP contribution in [0.4, 0.5) is 0 Å². The molecule has 6 nitrogen and oxygen atoms in total. The standard InChI is InChI=1S/C8H14N4O2/c1-4(2)5(9)3-6-11-8(7(10)13)12-14-6/h4-5H,3,9H2,1-2H3,(H2,10,13). The number of nitrogens with two attached hydrogens (primary N) is 2. The van der Waals surface area contributed by atoms with Crippen molar-refractivity contribution in [3.63, 3.8) is 0 Å². The van der Waals surface area contributed by atoms with Gasteiger partial charge in [-0.1, -0.05) is 19.0 Å². The Bertz CT molecular complexity index is 321. The number of carbonyl (C=O) groups is 1. The van der Waals surface area contributed by atoms with E-state index in [1.165, 1.54) is 0 Å². The van der Waals surface area contributed by atoms with Gasteiger partial charge >= 0.3 is 0 Å². The van der Waals surface area contributed by atoms with Crippen molar-refractivity contribution >= 4 is 5.91 Å². The fourth-order valence-corrected chi connectivity index (χ4v) is 0.875. The highest BCUT2D eigenvalue weighted by Crippen LogP contribution is 2.06. The summed E-state index contributed by atoms with van der Waals surface area (Å²) in [5.74, 6) is -0.131. The third kappa shape index (κ3) is 2.53. The Morgan fingerprint density at radius 2 is 2.21 bits per heavy atom. The van der Waals surface area contributed by atoms with Crippen LogP contribution >= 0.6 is 0 Å². The minimum absolute atomic E-state index is 0.0591. The molecule has 0 aliphatic carbocycles. The summed E-state index contributed by atoms with van der Waals surface area (Å²) in [5.41, 5.74) is 10.8. The lowest BCUT2D eigenvalue weighted by molar-refractivity contribution is 0.0987. The molecule has 78 valence electrons. The van der Waals surface area contributed by atoms with Crippen LogP contribution in [0.15, 0.2) is 4.52 Å². The Labute approximate surface area is 81.6 Å². The molecule has 1 aromatic rings. The van der Waals surface area contributed by atoms with E-state index in [1.807, 2.05) is 13.8 Å². The summed E-state index contributed by atoms with van der Waals surface area (Å²) in [6.45, 7) is 3.99. The number of hydrogen-bond acceptors (Lipinski definition) is 5. The SMILES string of the molecule is CC(C)C(N)Cc1nc(C(N)=O)no1. The predicted octanol–water partition coefficient (Wildman–Crippen LogP) is -0.306. The lowest BCUT2D eigenvalue weighted by Crippen LogP contribution is -2.28. The van der Waals surface area contributed by atoms with E-state index >= 15 is 0 Å². The van der Waals surface area contributed by atoms with Crippen LogP contribution in [0.5, 0.6) is 0 Å². The van der Waals surface area contributed by atoms with E-state index in [-0.39, 0.29) is 11.9 Å². The van der Waals surface area contributed by atoms with Crippen LogP contribution in [-0.2, 0) is 6.42 Å². The van der Waals surface area contributed by atoms with E-state index in [9.17, 15) is 4.79 Å². The highest BCUT2D eigenvalue weighted by atomic mass is 16.5. The monoisotopic (exact) mass is 198 g/mol. The van der Waals surface area contributed by atoms with Gasteiger partial charge in [0.05, 0.1) is 0 Å². The van der Waals surface area contributed by atoms with Gasteiger partial charge in [-0.25, -0.2) is 0 Å². The van der Waals surface area contributed by atoms with Crippen LogP contribution in [-0.4, -0.2) is 22.1 Å². The topological polar surface area (TPSA) is 108 Å². The molecular weight excluding hydrogens is 184 g/mol. The Balaban J connectivity index is 2.64. The first kappa shape index (κ1) is 10.6. The predicted molar refractivity (Wildman–Crippen MR) is 49.3 cm³/mol. The largest absolute Gasteiger partial charge is 0.363 e. The molecule has 0 fully saturated rings. The van der Waals surface area contributed by atoms with Gasteiger partial charge in [0.25, 0.3) is 11.7 Å². The molecule has 0 saturated heterocycles. The third-order valence-corrected chi connectivity index (χ3v) is 1.96. The number of hydrogen-bond donors (Lipinski definition) is 2. The molecule has 14 heavy (non-hydrogen) atoms. The van der Waals surface area contributed by atoms with Crippen LogP contribution in [0.3, 0.4) is 0 Å². The molecule has 1 heterocycles. The van der Waals surface area contributed by atoms with Crippen molar-refractivity contribution in [1.82, 2.24) is 10.1 Å². The van der Waals surface area contributed by atoms with E-state index in [0.717, 1.165) is 0 Å². The van der Waals surface area contributed by atoms with E-state index in [1.54, 1.807) is 0 Å². The number of primary amides is 1. The number of rotatable bonds is 4. The summed E-state index contributed by atoms with van der Waals surface area (Å²) in [4.78, 5) is 14.4. The fraction of sp³-hybridized carbons (Fsp3) is 0.625. The first-order chi connectivity index (χ1) is 6.50. The molecule has 0 aliphatic heterocycles. The second kappa shape index (κ2) is 4.19. The number of carbonyl (C=O) groups excluding carboxylic acids is 1. The summed E-state index contributed by atoms with van der Waals surface area (Å²) in [5, 5.41) is 3.41. The second-order valence-corrected chi connectivity index (χ2v) is 3.49. The quantitative estimate of drug-likeness (QED) is 0.690. The molecule has 4 N–H and O–H groups in total. The number of aromatic nitrogens is 2. The molecule has 0 radical (unpaired) electrons. The molecule has 1 rings (SSSR count). The zero-order chi connectivity index (χ0) is 10.7. The molecule has 1 aromatic heterocycles. The molecule has 0 aromatic carbocycles. The Kier molecular flexibility index (Phi) is 3.19. The van der Waals surface area contributed by atoms with Crippen molar-refractivity contribution in [2.75, 3.05) is 0 Å². The van der Waals surface area contributed by atoms with Crippen molar-refractivity contribution in [2.45, 2.75) is 26.3 Å². The highest BCUT2D eigenvalue weighted by molar-refractivity contribution is 5.88.